The minimum Gasteiger partial charge on any atom is -0.493 e. The van der Waals surface area contributed by atoms with Gasteiger partial charge < -0.3 is 14.4 Å². The molecule has 6 nitrogen and oxygen atoms in total. The van der Waals surface area contributed by atoms with Crippen molar-refractivity contribution in [2.24, 2.45) is 5.92 Å². The van der Waals surface area contributed by atoms with Crippen molar-refractivity contribution in [3.05, 3.63) is 60.0 Å². The Morgan fingerprint density at radius 1 is 1.36 bits per heavy atom. The van der Waals surface area contributed by atoms with E-state index in [0.717, 1.165) is 49.5 Å². The summed E-state index contributed by atoms with van der Waals surface area (Å²) in [5, 5.41) is 0. The zero-order valence-corrected chi connectivity index (χ0v) is 21.3. The highest BCUT2D eigenvalue weighted by Crippen LogP contribution is 2.28. The fourth-order valence-corrected chi connectivity index (χ4v) is 3.97. The van der Waals surface area contributed by atoms with Gasteiger partial charge in [-0.1, -0.05) is 33.9 Å². The standard InChI is InChI=1S/C27H41N3O3/c1-9-24(32-18-19(3)4)15-21(7)16-29(10-2)23-12-14-30(17-23)26-25(22(8)11-13-28-26)27(31)33-20(5)6/h9,11,13,15,19-20,23H,1,7,10,12,14,16-18H2,2-6,8H3/b24-15+. The molecule has 1 atom stereocenters. The molecule has 1 saturated heterocycles. The zero-order valence-electron chi connectivity index (χ0n) is 21.3. The molecule has 0 radical (unpaired) electrons. The summed E-state index contributed by atoms with van der Waals surface area (Å²) in [6, 6.07) is 2.21. The van der Waals surface area contributed by atoms with E-state index >= 15 is 0 Å². The van der Waals surface area contributed by atoms with Crippen LogP contribution in [0.15, 0.2) is 48.9 Å². The van der Waals surface area contributed by atoms with Crippen LogP contribution in [0.5, 0.6) is 0 Å². The van der Waals surface area contributed by atoms with Crippen LogP contribution in [0.2, 0.25) is 0 Å². The highest BCUT2D eigenvalue weighted by molar-refractivity contribution is 5.96. The third-order valence-electron chi connectivity index (χ3n) is 5.61. The van der Waals surface area contributed by atoms with Gasteiger partial charge in [-0.2, -0.15) is 0 Å². The minimum absolute atomic E-state index is 0.170. The van der Waals surface area contributed by atoms with E-state index in [4.69, 9.17) is 9.47 Å². The quantitative estimate of drug-likeness (QED) is 0.247. The number of hydrogen-bond donors (Lipinski definition) is 0. The SMILES string of the molecule is C=C/C(=C\C(=C)CN(CC)C1CCN(c2nccc(C)c2C(=O)OC(C)C)C1)OCC(C)C. The van der Waals surface area contributed by atoms with E-state index < -0.39 is 0 Å². The fourth-order valence-electron chi connectivity index (χ4n) is 3.97. The van der Waals surface area contributed by atoms with E-state index in [1.165, 1.54) is 0 Å². The molecule has 1 fully saturated rings. The Bertz CT molecular complexity index is 860. The molecule has 2 heterocycles. The third kappa shape index (κ3) is 7.74. The second-order valence-electron chi connectivity index (χ2n) is 9.35. The number of anilines is 1. The highest BCUT2D eigenvalue weighted by Gasteiger charge is 2.31. The first-order valence-electron chi connectivity index (χ1n) is 12.0. The molecule has 182 valence electrons. The van der Waals surface area contributed by atoms with Gasteiger partial charge in [0, 0.05) is 31.9 Å². The molecule has 33 heavy (non-hydrogen) atoms. The number of aryl methyl sites for hydroxylation is 1. The molecule has 2 rings (SSSR count). The van der Waals surface area contributed by atoms with Gasteiger partial charge in [0.25, 0.3) is 0 Å². The van der Waals surface area contributed by atoms with Crippen molar-refractivity contribution < 1.29 is 14.3 Å². The van der Waals surface area contributed by atoms with E-state index in [0.29, 0.717) is 29.9 Å². The summed E-state index contributed by atoms with van der Waals surface area (Å²) >= 11 is 0. The molecule has 6 heteroatoms. The lowest BCUT2D eigenvalue weighted by atomic mass is 10.1. The summed E-state index contributed by atoms with van der Waals surface area (Å²) in [7, 11) is 0. The first-order chi connectivity index (χ1) is 15.7. The molecular formula is C27H41N3O3. The van der Waals surface area contributed by atoms with Crippen molar-refractivity contribution in [1.82, 2.24) is 9.88 Å². The smallest absolute Gasteiger partial charge is 0.342 e. The van der Waals surface area contributed by atoms with Crippen LogP contribution in [0.1, 0.15) is 57.0 Å². The van der Waals surface area contributed by atoms with Gasteiger partial charge in [0.05, 0.1) is 12.7 Å². The van der Waals surface area contributed by atoms with Crippen LogP contribution >= 0.6 is 0 Å². The van der Waals surface area contributed by atoms with Crippen molar-refractivity contribution in [1.29, 1.82) is 0 Å². The van der Waals surface area contributed by atoms with Crippen LogP contribution in [-0.2, 0) is 9.47 Å². The van der Waals surface area contributed by atoms with Gasteiger partial charge in [-0.15, -0.1) is 0 Å². The largest absolute Gasteiger partial charge is 0.493 e. The molecule has 1 aromatic rings. The van der Waals surface area contributed by atoms with E-state index in [1.807, 2.05) is 32.9 Å². The number of carbonyl (C=O) groups excluding carboxylic acids is 1. The molecule has 0 aliphatic carbocycles. The van der Waals surface area contributed by atoms with Crippen LogP contribution in [-0.4, -0.2) is 60.8 Å². The number of pyridine rings is 1. The van der Waals surface area contributed by atoms with Gasteiger partial charge in [0.2, 0.25) is 0 Å². The van der Waals surface area contributed by atoms with Crippen molar-refractivity contribution >= 4 is 11.8 Å². The molecular weight excluding hydrogens is 414 g/mol. The minimum atomic E-state index is -0.307. The Labute approximate surface area is 200 Å². The topological polar surface area (TPSA) is 54.9 Å². The van der Waals surface area contributed by atoms with Gasteiger partial charge in [0.15, 0.2) is 0 Å². The molecule has 1 aromatic heterocycles. The Kier molecular flexibility index (Phi) is 10.2. The molecule has 0 bridgehead atoms. The summed E-state index contributed by atoms with van der Waals surface area (Å²) in [4.78, 5) is 22.0. The van der Waals surface area contributed by atoms with Gasteiger partial charge >= 0.3 is 5.97 Å². The number of likely N-dealkylation sites (N-methyl/N-ethyl adjacent to an activating group) is 1. The molecule has 0 N–H and O–H groups in total. The molecule has 0 saturated carbocycles. The first-order valence-corrected chi connectivity index (χ1v) is 12.0. The Hall–Kier alpha value is -2.60. The van der Waals surface area contributed by atoms with Crippen LogP contribution in [0.3, 0.4) is 0 Å². The summed E-state index contributed by atoms with van der Waals surface area (Å²) < 4.78 is 11.3. The second-order valence-corrected chi connectivity index (χ2v) is 9.35. The van der Waals surface area contributed by atoms with Crippen molar-refractivity contribution in [3.63, 3.8) is 0 Å². The normalized spacial score (nSPS) is 16.6. The maximum absolute atomic E-state index is 12.8. The lowest BCUT2D eigenvalue weighted by Gasteiger charge is -2.28. The number of rotatable bonds is 12. The van der Waals surface area contributed by atoms with Crippen LogP contribution in [0.25, 0.3) is 0 Å². The molecule has 0 amide bonds. The maximum atomic E-state index is 12.8. The van der Waals surface area contributed by atoms with E-state index in [1.54, 1.807) is 12.3 Å². The number of ether oxygens (including phenoxy) is 2. The number of nitrogens with zero attached hydrogens (tertiary/aromatic N) is 3. The molecule has 1 unspecified atom stereocenters. The predicted molar refractivity (Wildman–Crippen MR) is 136 cm³/mol. The number of allylic oxidation sites excluding steroid dienone is 1. The van der Waals surface area contributed by atoms with Crippen molar-refractivity contribution in [2.75, 3.05) is 37.7 Å². The van der Waals surface area contributed by atoms with Crippen molar-refractivity contribution in [3.8, 4) is 0 Å². The first kappa shape index (κ1) is 26.7. The second kappa shape index (κ2) is 12.6. The fraction of sp³-hybridized carbons (Fsp3) is 0.556. The van der Waals surface area contributed by atoms with Crippen LogP contribution in [0, 0.1) is 12.8 Å². The van der Waals surface area contributed by atoms with E-state index in [9.17, 15) is 4.79 Å². The van der Waals surface area contributed by atoms with Gasteiger partial charge in [-0.25, -0.2) is 9.78 Å². The Balaban J connectivity index is 2.10. The average Bonchev–Trinajstić information content (AvgIpc) is 3.23. The number of carbonyl (C=O) groups is 1. The molecule has 1 aliphatic heterocycles. The van der Waals surface area contributed by atoms with Crippen LogP contribution < -0.4 is 4.90 Å². The maximum Gasteiger partial charge on any atom is 0.342 e. The highest BCUT2D eigenvalue weighted by atomic mass is 16.5. The number of hydrogen-bond acceptors (Lipinski definition) is 6. The predicted octanol–water partition coefficient (Wildman–Crippen LogP) is 5.15. The summed E-state index contributed by atoms with van der Waals surface area (Å²) in [6.07, 6.45) is 6.31. The average molecular weight is 456 g/mol. The molecule has 0 spiro atoms. The Morgan fingerprint density at radius 3 is 2.70 bits per heavy atom. The van der Waals surface area contributed by atoms with Crippen LogP contribution in [0.4, 0.5) is 5.82 Å². The van der Waals surface area contributed by atoms with Gasteiger partial charge in [-0.3, -0.25) is 4.90 Å². The lowest BCUT2D eigenvalue weighted by molar-refractivity contribution is 0.0377. The number of esters is 1. The van der Waals surface area contributed by atoms with Gasteiger partial charge in [0.1, 0.15) is 17.1 Å². The number of aromatic nitrogens is 1. The summed E-state index contributed by atoms with van der Waals surface area (Å²) in [5.74, 6) is 1.62. The zero-order chi connectivity index (χ0) is 24.5. The summed E-state index contributed by atoms with van der Waals surface area (Å²) in [6.45, 7) is 24.1. The Morgan fingerprint density at radius 2 is 2.09 bits per heavy atom. The van der Waals surface area contributed by atoms with Gasteiger partial charge in [-0.05, 0) is 69.0 Å². The van der Waals surface area contributed by atoms with E-state index in [2.05, 4.69) is 48.7 Å². The lowest BCUT2D eigenvalue weighted by Crippen LogP contribution is -2.39. The third-order valence-corrected chi connectivity index (χ3v) is 5.61. The van der Waals surface area contributed by atoms with E-state index in [-0.39, 0.29) is 12.1 Å². The molecule has 0 aromatic carbocycles. The molecule has 1 aliphatic rings. The summed E-state index contributed by atoms with van der Waals surface area (Å²) in [5.41, 5.74) is 2.45. The van der Waals surface area contributed by atoms with Crippen molar-refractivity contribution in [2.45, 2.75) is 60.1 Å². The monoisotopic (exact) mass is 455 g/mol.